The van der Waals surface area contributed by atoms with Gasteiger partial charge < -0.3 is 25.7 Å². The van der Waals surface area contributed by atoms with Crippen LogP contribution in [-0.2, 0) is 4.79 Å². The zero-order chi connectivity index (χ0) is 15.9. The summed E-state index contributed by atoms with van der Waals surface area (Å²) in [5, 5.41) is 24.4. The summed E-state index contributed by atoms with van der Waals surface area (Å²) in [7, 11) is 0. The molecule has 4 N–H and O–H groups in total. The fourth-order valence-corrected chi connectivity index (χ4v) is 2.67. The number of nitrogens with zero attached hydrogens (tertiary/aromatic N) is 1. The van der Waals surface area contributed by atoms with Crippen LogP contribution in [0, 0.1) is 0 Å². The number of aliphatic hydroxyl groups excluding tert-OH is 2. The van der Waals surface area contributed by atoms with Crippen LogP contribution in [0.3, 0.4) is 0 Å². The maximum Gasteiger partial charge on any atom is 0.315 e. The molecule has 22 heavy (non-hydrogen) atoms. The van der Waals surface area contributed by atoms with E-state index in [1.54, 1.807) is 4.90 Å². The second kappa shape index (κ2) is 8.33. The predicted molar refractivity (Wildman–Crippen MR) is 81.2 cm³/mol. The molecule has 0 aromatic rings. The Kier molecular flexibility index (Phi) is 6.45. The Hall–Kier alpha value is -1.34. The number of unbranched alkanes of at least 4 members (excludes halogenated alkanes) is 1. The van der Waals surface area contributed by atoms with Crippen molar-refractivity contribution in [1.29, 1.82) is 0 Å². The molecule has 1 aliphatic heterocycles. The Morgan fingerprint density at radius 2 is 1.64 bits per heavy atom. The minimum Gasteiger partial charge on any atom is -0.396 e. The van der Waals surface area contributed by atoms with Crippen LogP contribution in [0.1, 0.15) is 44.9 Å². The molecule has 2 aliphatic rings. The van der Waals surface area contributed by atoms with Gasteiger partial charge in [0.2, 0.25) is 0 Å². The van der Waals surface area contributed by atoms with Gasteiger partial charge in [0, 0.05) is 31.8 Å². The minimum atomic E-state index is -0.978. The van der Waals surface area contributed by atoms with Crippen LogP contribution in [0.2, 0.25) is 0 Å². The Morgan fingerprint density at radius 3 is 2.18 bits per heavy atom. The summed E-state index contributed by atoms with van der Waals surface area (Å²) < 4.78 is 0. The van der Waals surface area contributed by atoms with E-state index < -0.39 is 6.10 Å². The van der Waals surface area contributed by atoms with Gasteiger partial charge in [0.15, 0.2) is 0 Å². The zero-order valence-electron chi connectivity index (χ0n) is 13.0. The molecule has 2 fully saturated rings. The summed E-state index contributed by atoms with van der Waals surface area (Å²) in [4.78, 5) is 25.4. The van der Waals surface area contributed by atoms with Gasteiger partial charge in [-0.1, -0.05) is 0 Å². The first kappa shape index (κ1) is 17.0. The first-order chi connectivity index (χ1) is 10.6. The number of likely N-dealkylation sites (tertiary alicyclic amines) is 1. The fraction of sp³-hybridized carbons (Fsp3) is 0.867. The Balaban J connectivity index is 1.64. The summed E-state index contributed by atoms with van der Waals surface area (Å²) in [5.41, 5.74) is 0. The minimum absolute atomic E-state index is 0.0842. The van der Waals surface area contributed by atoms with Crippen LogP contribution in [0.5, 0.6) is 0 Å². The molecule has 0 aromatic heterocycles. The largest absolute Gasteiger partial charge is 0.396 e. The molecule has 0 radical (unpaired) electrons. The van der Waals surface area contributed by atoms with Crippen molar-refractivity contribution >= 4 is 11.9 Å². The highest BCUT2D eigenvalue weighted by molar-refractivity contribution is 5.80. The number of carbonyl (C=O) groups excluding carboxylic acids is 2. The van der Waals surface area contributed by atoms with E-state index in [2.05, 4.69) is 10.6 Å². The molecule has 1 saturated heterocycles. The third kappa shape index (κ3) is 5.46. The predicted octanol–water partition coefficient (Wildman–Crippen LogP) is -0.0375. The summed E-state index contributed by atoms with van der Waals surface area (Å²) in [6, 6.07) is 0.321. The van der Waals surface area contributed by atoms with Crippen molar-refractivity contribution in [1.82, 2.24) is 15.5 Å². The molecule has 7 heteroatoms. The molecule has 1 unspecified atom stereocenters. The zero-order valence-corrected chi connectivity index (χ0v) is 13.0. The quantitative estimate of drug-likeness (QED) is 0.495. The molecule has 2 rings (SSSR count). The molecule has 0 aromatic carbocycles. The van der Waals surface area contributed by atoms with Gasteiger partial charge in [-0.15, -0.1) is 0 Å². The van der Waals surface area contributed by atoms with Crippen molar-refractivity contribution in [2.24, 2.45) is 0 Å². The van der Waals surface area contributed by atoms with E-state index in [0.29, 0.717) is 51.2 Å². The third-order valence-corrected chi connectivity index (χ3v) is 4.23. The number of hydrogen-bond donors (Lipinski definition) is 4. The smallest absolute Gasteiger partial charge is 0.315 e. The monoisotopic (exact) mass is 313 g/mol. The molecule has 1 atom stereocenters. The summed E-state index contributed by atoms with van der Waals surface area (Å²) >= 11 is 0. The van der Waals surface area contributed by atoms with Crippen LogP contribution in [0.4, 0.5) is 4.79 Å². The number of piperidine rings is 1. The maximum atomic E-state index is 12.1. The molecule has 1 heterocycles. The normalized spacial score (nSPS) is 20.5. The molecule has 0 bridgehead atoms. The Morgan fingerprint density at radius 1 is 1.05 bits per heavy atom. The van der Waals surface area contributed by atoms with Crippen LogP contribution < -0.4 is 10.6 Å². The van der Waals surface area contributed by atoms with Gasteiger partial charge >= 0.3 is 6.03 Å². The average molecular weight is 313 g/mol. The molecule has 1 aliphatic carbocycles. The summed E-state index contributed by atoms with van der Waals surface area (Å²) in [5.74, 6) is -0.237. The van der Waals surface area contributed by atoms with Crippen molar-refractivity contribution in [2.45, 2.75) is 63.1 Å². The van der Waals surface area contributed by atoms with Gasteiger partial charge in [0.05, 0.1) is 0 Å². The van der Waals surface area contributed by atoms with Gasteiger partial charge in [-0.3, -0.25) is 4.79 Å². The molecule has 126 valence electrons. The third-order valence-electron chi connectivity index (χ3n) is 4.23. The van der Waals surface area contributed by atoms with E-state index in [1.165, 1.54) is 0 Å². The van der Waals surface area contributed by atoms with Crippen LogP contribution in [0.25, 0.3) is 0 Å². The van der Waals surface area contributed by atoms with E-state index in [1.807, 2.05) is 0 Å². The van der Waals surface area contributed by atoms with E-state index in [0.717, 1.165) is 12.8 Å². The molecule has 1 saturated carbocycles. The van der Waals surface area contributed by atoms with Crippen molar-refractivity contribution in [3.8, 4) is 0 Å². The number of carbonyl (C=O) groups is 2. The van der Waals surface area contributed by atoms with E-state index >= 15 is 0 Å². The van der Waals surface area contributed by atoms with Gasteiger partial charge in [-0.2, -0.15) is 0 Å². The van der Waals surface area contributed by atoms with Crippen molar-refractivity contribution in [3.63, 3.8) is 0 Å². The highest BCUT2D eigenvalue weighted by Gasteiger charge is 2.28. The average Bonchev–Trinajstić information content (AvgIpc) is 3.31. The molecule has 7 nitrogen and oxygen atoms in total. The van der Waals surface area contributed by atoms with E-state index in [9.17, 15) is 14.7 Å². The van der Waals surface area contributed by atoms with Gasteiger partial charge in [-0.25, -0.2) is 4.79 Å². The fourth-order valence-electron chi connectivity index (χ4n) is 2.67. The van der Waals surface area contributed by atoms with Crippen LogP contribution >= 0.6 is 0 Å². The van der Waals surface area contributed by atoms with E-state index in [4.69, 9.17) is 5.11 Å². The number of rotatable bonds is 7. The van der Waals surface area contributed by atoms with E-state index in [-0.39, 0.29) is 24.6 Å². The summed E-state index contributed by atoms with van der Waals surface area (Å²) in [6.45, 7) is 1.20. The Labute approximate surface area is 131 Å². The standard InChI is InChI=1S/C15H27N3O4/c19-10-2-1-3-13(20)14(21)18-8-6-12(7-9-18)17-15(22)16-11-4-5-11/h11-13,19-20H,1-10H2,(H2,16,17,22). The highest BCUT2D eigenvalue weighted by atomic mass is 16.3. The first-order valence-electron chi connectivity index (χ1n) is 8.25. The topological polar surface area (TPSA) is 102 Å². The van der Waals surface area contributed by atoms with Crippen molar-refractivity contribution in [3.05, 3.63) is 0 Å². The number of hydrogen-bond acceptors (Lipinski definition) is 4. The number of urea groups is 1. The van der Waals surface area contributed by atoms with Gasteiger partial charge in [0.25, 0.3) is 5.91 Å². The lowest BCUT2D eigenvalue weighted by Gasteiger charge is -2.33. The second-order valence-electron chi connectivity index (χ2n) is 6.23. The molecule has 3 amide bonds. The summed E-state index contributed by atoms with van der Waals surface area (Å²) in [6.07, 6.45) is 4.22. The van der Waals surface area contributed by atoms with Gasteiger partial charge in [-0.05, 0) is 44.9 Å². The lowest BCUT2D eigenvalue weighted by molar-refractivity contribution is -0.141. The number of nitrogens with one attached hydrogen (secondary N) is 2. The number of amides is 3. The highest BCUT2D eigenvalue weighted by Crippen LogP contribution is 2.18. The van der Waals surface area contributed by atoms with Crippen molar-refractivity contribution in [2.75, 3.05) is 19.7 Å². The lowest BCUT2D eigenvalue weighted by Crippen LogP contribution is -2.51. The van der Waals surface area contributed by atoms with Crippen LogP contribution in [-0.4, -0.2) is 64.9 Å². The van der Waals surface area contributed by atoms with Crippen molar-refractivity contribution < 1.29 is 19.8 Å². The second-order valence-corrected chi connectivity index (χ2v) is 6.23. The number of aliphatic hydroxyl groups is 2. The first-order valence-corrected chi connectivity index (χ1v) is 8.25. The molecular weight excluding hydrogens is 286 g/mol. The lowest BCUT2D eigenvalue weighted by atomic mass is 10.0. The maximum absolute atomic E-state index is 12.1. The molecular formula is C15H27N3O4. The SMILES string of the molecule is O=C(NC1CC1)NC1CCN(C(=O)C(O)CCCCO)CC1. The van der Waals surface area contributed by atoms with Crippen LogP contribution in [0.15, 0.2) is 0 Å². The Bertz CT molecular complexity index is 379. The molecule has 0 spiro atoms. The van der Waals surface area contributed by atoms with Gasteiger partial charge in [0.1, 0.15) is 6.10 Å².